The molecule has 2 unspecified atom stereocenters. The van der Waals surface area contributed by atoms with Crippen molar-refractivity contribution in [3.63, 3.8) is 0 Å². The topological polar surface area (TPSA) is 69.6 Å². The van der Waals surface area contributed by atoms with Gasteiger partial charge in [-0.3, -0.25) is 14.5 Å². The first-order valence-corrected chi connectivity index (χ1v) is 5.80. The Hall–Kier alpha value is -1.36. The smallest absolute Gasteiger partial charge is 0.304 e. The number of nitrogens with zero attached hydrogens (tertiary/aromatic N) is 1. The van der Waals surface area contributed by atoms with Crippen LogP contribution in [0.25, 0.3) is 0 Å². The summed E-state index contributed by atoms with van der Waals surface area (Å²) in [6.45, 7) is 10.1. The summed E-state index contributed by atoms with van der Waals surface area (Å²) in [6.07, 6.45) is 1.65. The van der Waals surface area contributed by atoms with Gasteiger partial charge < -0.3 is 10.4 Å². The third-order valence-corrected chi connectivity index (χ3v) is 2.70. The molecule has 0 aliphatic rings. The fraction of sp³-hybridized carbons (Fsp3) is 0.667. The maximum atomic E-state index is 11.7. The molecular formula is C12H22N2O3. The summed E-state index contributed by atoms with van der Waals surface area (Å²) in [7, 11) is 0. The van der Waals surface area contributed by atoms with Crippen molar-refractivity contribution in [2.75, 3.05) is 13.1 Å². The zero-order valence-electron chi connectivity index (χ0n) is 10.8. The van der Waals surface area contributed by atoms with Gasteiger partial charge in [-0.05, 0) is 20.4 Å². The van der Waals surface area contributed by atoms with Crippen LogP contribution in [-0.4, -0.2) is 47.1 Å². The summed E-state index contributed by atoms with van der Waals surface area (Å²) in [6, 6.07) is -0.503. The third-order valence-electron chi connectivity index (χ3n) is 2.70. The first kappa shape index (κ1) is 15.6. The predicted molar refractivity (Wildman–Crippen MR) is 66.8 cm³/mol. The molecule has 0 aromatic heterocycles. The van der Waals surface area contributed by atoms with Gasteiger partial charge in [0, 0.05) is 12.6 Å². The van der Waals surface area contributed by atoms with Crippen LogP contribution in [0.2, 0.25) is 0 Å². The van der Waals surface area contributed by atoms with Crippen molar-refractivity contribution in [2.24, 2.45) is 0 Å². The zero-order valence-corrected chi connectivity index (χ0v) is 10.8. The number of carboxylic acids is 1. The van der Waals surface area contributed by atoms with E-state index >= 15 is 0 Å². The van der Waals surface area contributed by atoms with Gasteiger partial charge in [-0.15, -0.1) is 6.58 Å². The molecule has 2 atom stereocenters. The molecule has 5 heteroatoms. The van der Waals surface area contributed by atoms with Crippen LogP contribution >= 0.6 is 0 Å². The molecule has 0 saturated carbocycles. The van der Waals surface area contributed by atoms with Crippen LogP contribution in [-0.2, 0) is 9.59 Å². The maximum absolute atomic E-state index is 11.7. The normalized spacial score (nSPS) is 14.1. The summed E-state index contributed by atoms with van der Waals surface area (Å²) in [5, 5.41) is 11.5. The maximum Gasteiger partial charge on any atom is 0.304 e. The first-order valence-electron chi connectivity index (χ1n) is 5.80. The molecule has 0 fully saturated rings. The van der Waals surface area contributed by atoms with E-state index in [4.69, 9.17) is 5.11 Å². The van der Waals surface area contributed by atoms with Crippen LogP contribution in [0.1, 0.15) is 27.2 Å². The Morgan fingerprint density at radius 3 is 2.47 bits per heavy atom. The molecule has 0 aromatic rings. The zero-order chi connectivity index (χ0) is 13.4. The van der Waals surface area contributed by atoms with E-state index in [0.29, 0.717) is 13.1 Å². The fourth-order valence-electron chi connectivity index (χ4n) is 1.81. The molecule has 98 valence electrons. The highest BCUT2D eigenvalue weighted by atomic mass is 16.4. The molecule has 2 N–H and O–H groups in total. The second-order valence-electron chi connectivity index (χ2n) is 3.99. The molecule has 0 heterocycles. The van der Waals surface area contributed by atoms with Crippen molar-refractivity contribution in [1.82, 2.24) is 10.2 Å². The lowest BCUT2D eigenvalue weighted by atomic mass is 10.1. The van der Waals surface area contributed by atoms with Gasteiger partial charge in [-0.1, -0.05) is 13.0 Å². The van der Waals surface area contributed by atoms with Crippen molar-refractivity contribution in [3.05, 3.63) is 12.7 Å². The number of rotatable bonds is 8. The minimum atomic E-state index is -0.852. The Labute approximate surface area is 102 Å². The number of carbonyl (C=O) groups is 2. The van der Waals surface area contributed by atoms with Crippen molar-refractivity contribution in [2.45, 2.75) is 39.3 Å². The van der Waals surface area contributed by atoms with Crippen LogP contribution in [0.3, 0.4) is 0 Å². The molecule has 17 heavy (non-hydrogen) atoms. The average Bonchev–Trinajstić information content (AvgIpc) is 2.25. The van der Waals surface area contributed by atoms with Crippen LogP contribution < -0.4 is 5.32 Å². The molecule has 5 nitrogen and oxygen atoms in total. The number of carbonyl (C=O) groups excluding carboxylic acids is 1. The Morgan fingerprint density at radius 1 is 1.47 bits per heavy atom. The lowest BCUT2D eigenvalue weighted by Crippen LogP contribution is -2.49. The molecule has 0 saturated heterocycles. The molecule has 0 aliphatic carbocycles. The third kappa shape index (κ3) is 5.49. The van der Waals surface area contributed by atoms with E-state index in [0.717, 1.165) is 0 Å². The molecule has 0 aliphatic heterocycles. The molecule has 0 spiro atoms. The quantitative estimate of drug-likeness (QED) is 0.619. The predicted octanol–water partition coefficient (Wildman–Crippen LogP) is 0.862. The number of amides is 1. The molecule has 0 bridgehead atoms. The van der Waals surface area contributed by atoms with Gasteiger partial charge in [0.15, 0.2) is 0 Å². The highest BCUT2D eigenvalue weighted by Crippen LogP contribution is 2.09. The molecule has 0 radical (unpaired) electrons. The minimum absolute atomic E-state index is 0.0346. The Morgan fingerprint density at radius 2 is 2.06 bits per heavy atom. The van der Waals surface area contributed by atoms with Gasteiger partial charge in [0.05, 0.1) is 12.5 Å². The van der Waals surface area contributed by atoms with Crippen molar-refractivity contribution in [3.8, 4) is 0 Å². The van der Waals surface area contributed by atoms with Crippen molar-refractivity contribution < 1.29 is 14.7 Å². The molecule has 0 aromatic carbocycles. The highest BCUT2D eigenvalue weighted by molar-refractivity contribution is 5.81. The lowest BCUT2D eigenvalue weighted by Gasteiger charge is -2.31. The van der Waals surface area contributed by atoms with Gasteiger partial charge in [0.25, 0.3) is 0 Å². The summed E-state index contributed by atoms with van der Waals surface area (Å²) in [4.78, 5) is 24.3. The Bertz CT molecular complexity index is 279. The van der Waals surface area contributed by atoms with E-state index in [2.05, 4.69) is 11.9 Å². The Kier molecular flexibility index (Phi) is 7.21. The molecule has 0 rings (SSSR count). The first-order chi connectivity index (χ1) is 7.93. The average molecular weight is 242 g/mol. The SMILES string of the molecule is C=CCNC(=O)C(C)N(CC)C(C)CC(=O)O. The minimum Gasteiger partial charge on any atom is -0.481 e. The van der Waals surface area contributed by atoms with Crippen molar-refractivity contribution >= 4 is 11.9 Å². The van der Waals surface area contributed by atoms with E-state index in [9.17, 15) is 9.59 Å². The summed E-state index contributed by atoms with van der Waals surface area (Å²) < 4.78 is 0. The fourth-order valence-corrected chi connectivity index (χ4v) is 1.81. The number of carboxylic acid groups (broad SMARTS) is 1. The number of hydrogen-bond acceptors (Lipinski definition) is 3. The summed E-state index contributed by atoms with van der Waals surface area (Å²) in [5.74, 6) is -0.960. The number of nitrogens with one attached hydrogen (secondary N) is 1. The number of aliphatic carboxylic acids is 1. The van der Waals surface area contributed by atoms with Crippen LogP contribution in [0.5, 0.6) is 0 Å². The van der Waals surface area contributed by atoms with E-state index in [1.807, 2.05) is 18.7 Å². The standard InChI is InChI=1S/C12H22N2O3/c1-5-7-13-12(17)10(4)14(6-2)9(3)8-11(15)16/h5,9-10H,1,6-8H2,2-4H3,(H,13,17)(H,15,16). The van der Waals surface area contributed by atoms with Crippen LogP contribution in [0, 0.1) is 0 Å². The molecule has 1 amide bonds. The van der Waals surface area contributed by atoms with Gasteiger partial charge in [0.2, 0.25) is 5.91 Å². The largest absolute Gasteiger partial charge is 0.481 e. The van der Waals surface area contributed by atoms with E-state index in [1.54, 1.807) is 13.0 Å². The molecular weight excluding hydrogens is 220 g/mol. The summed E-state index contributed by atoms with van der Waals surface area (Å²) >= 11 is 0. The van der Waals surface area contributed by atoms with Gasteiger partial charge in [-0.25, -0.2) is 0 Å². The van der Waals surface area contributed by atoms with Crippen LogP contribution in [0.15, 0.2) is 12.7 Å². The monoisotopic (exact) mass is 242 g/mol. The number of likely N-dealkylation sites (N-methyl/N-ethyl adjacent to an activating group) is 1. The van der Waals surface area contributed by atoms with Gasteiger partial charge in [-0.2, -0.15) is 0 Å². The van der Waals surface area contributed by atoms with Gasteiger partial charge in [0.1, 0.15) is 0 Å². The van der Waals surface area contributed by atoms with Gasteiger partial charge >= 0.3 is 5.97 Å². The second kappa shape index (κ2) is 7.84. The lowest BCUT2D eigenvalue weighted by molar-refractivity contribution is -0.139. The highest BCUT2D eigenvalue weighted by Gasteiger charge is 2.25. The second-order valence-corrected chi connectivity index (χ2v) is 3.99. The van der Waals surface area contributed by atoms with E-state index < -0.39 is 5.97 Å². The van der Waals surface area contributed by atoms with Crippen molar-refractivity contribution in [1.29, 1.82) is 0 Å². The summed E-state index contributed by atoms with van der Waals surface area (Å²) in [5.41, 5.74) is 0. The van der Waals surface area contributed by atoms with E-state index in [-0.39, 0.29) is 24.4 Å². The number of hydrogen-bond donors (Lipinski definition) is 2. The Balaban J connectivity index is 4.46. The van der Waals surface area contributed by atoms with E-state index in [1.165, 1.54) is 0 Å². The van der Waals surface area contributed by atoms with Crippen LogP contribution in [0.4, 0.5) is 0 Å².